The summed E-state index contributed by atoms with van der Waals surface area (Å²) in [5, 5.41) is 10.5. The van der Waals surface area contributed by atoms with Gasteiger partial charge in [-0.25, -0.2) is 32.0 Å². The number of hydrogen-bond acceptors (Lipinski definition) is 11. The van der Waals surface area contributed by atoms with Crippen molar-refractivity contribution in [1.29, 1.82) is 0 Å². The molecule has 1 unspecified atom stereocenters. The van der Waals surface area contributed by atoms with Gasteiger partial charge in [0.05, 0.1) is 5.56 Å². The minimum Gasteiger partial charge on any atom is -0.475 e. The van der Waals surface area contributed by atoms with Crippen LogP contribution in [-0.2, 0) is 19.6 Å². The lowest BCUT2D eigenvalue weighted by Gasteiger charge is -2.36. The van der Waals surface area contributed by atoms with Crippen molar-refractivity contribution in [3.8, 4) is 0 Å². The summed E-state index contributed by atoms with van der Waals surface area (Å²) in [6.07, 6.45) is -1.57. The molecule has 2 aliphatic heterocycles. The number of benzene rings is 1. The van der Waals surface area contributed by atoms with Crippen molar-refractivity contribution in [2.75, 3.05) is 55.2 Å². The number of nitrogens with one attached hydrogen (secondary N) is 1. The Morgan fingerprint density at radius 1 is 1.06 bits per heavy atom. The first-order valence-electron chi connectivity index (χ1n) is 13.8. The predicted molar refractivity (Wildman–Crippen MR) is 159 cm³/mol. The Labute approximate surface area is 268 Å². The highest BCUT2D eigenvalue weighted by Gasteiger charge is 2.38. The summed E-state index contributed by atoms with van der Waals surface area (Å²) in [7, 11) is -3.92. The van der Waals surface area contributed by atoms with E-state index in [1.165, 1.54) is 10.4 Å². The number of halogens is 5. The lowest BCUT2D eigenvalue weighted by Crippen LogP contribution is -2.48. The normalized spacial score (nSPS) is 17.4. The van der Waals surface area contributed by atoms with Crippen LogP contribution in [0.5, 0.6) is 0 Å². The molecule has 0 radical (unpaired) electrons. The largest absolute Gasteiger partial charge is 0.490 e. The number of aliphatic carboxylic acids is 1. The molecular formula is C27H28F5N7O6S2. The van der Waals surface area contributed by atoms with Crippen molar-refractivity contribution in [1.82, 2.24) is 19.2 Å². The molecule has 47 heavy (non-hydrogen) atoms. The van der Waals surface area contributed by atoms with Crippen LogP contribution >= 0.6 is 11.3 Å². The van der Waals surface area contributed by atoms with E-state index in [1.54, 1.807) is 17.2 Å². The number of thiazole rings is 1. The minimum atomic E-state index is -5.08. The number of rotatable bonds is 8. The number of piperazine rings is 1. The number of carboxylic acid groups (broad SMARTS) is 1. The molecule has 4 N–H and O–H groups in total. The second-order valence-electron chi connectivity index (χ2n) is 10.3. The molecule has 2 fully saturated rings. The summed E-state index contributed by atoms with van der Waals surface area (Å²) >= 11 is 0.858. The first-order chi connectivity index (χ1) is 22.1. The zero-order chi connectivity index (χ0) is 34.5. The Hall–Kier alpha value is -4.43. The van der Waals surface area contributed by atoms with E-state index in [4.69, 9.17) is 15.6 Å². The molecule has 2 aromatic heterocycles. The number of sulfonamides is 1. The van der Waals surface area contributed by atoms with Crippen LogP contribution in [0.25, 0.3) is 0 Å². The third-order valence-electron chi connectivity index (χ3n) is 7.14. The van der Waals surface area contributed by atoms with Gasteiger partial charge in [-0.15, -0.1) is 0 Å². The molecule has 2 aliphatic rings. The number of amides is 1. The molecule has 4 heterocycles. The van der Waals surface area contributed by atoms with Gasteiger partial charge in [0.2, 0.25) is 22.2 Å². The van der Waals surface area contributed by atoms with Gasteiger partial charge in [0.15, 0.2) is 5.13 Å². The number of aromatic nitrogens is 2. The fraction of sp³-hybridized carbons (Fsp3) is 0.370. The van der Waals surface area contributed by atoms with E-state index >= 15 is 0 Å². The smallest absolute Gasteiger partial charge is 0.475 e. The van der Waals surface area contributed by atoms with E-state index in [0.29, 0.717) is 51.4 Å². The maximum atomic E-state index is 14.2. The molecule has 13 nitrogen and oxygen atoms in total. The number of nitrogens with zero attached hydrogens (tertiary/aromatic N) is 5. The van der Waals surface area contributed by atoms with Gasteiger partial charge in [0.1, 0.15) is 33.0 Å². The molecule has 1 atom stereocenters. The SMILES string of the molecule is Nc1nc(NC2CCCN(S(=O)(=O)c3cccnc3N3CCN(C=O)CC3)C2)sc1C(=O)c1c(F)cccc1F.O=C(O)C(F)(F)F. The summed E-state index contributed by atoms with van der Waals surface area (Å²) < 4.78 is 88.9. The van der Waals surface area contributed by atoms with Crippen LogP contribution in [0.4, 0.5) is 38.7 Å². The Kier molecular flexibility index (Phi) is 11.0. The Bertz CT molecular complexity index is 1710. The lowest BCUT2D eigenvalue weighted by atomic mass is 10.1. The second-order valence-corrected chi connectivity index (χ2v) is 13.2. The van der Waals surface area contributed by atoms with Gasteiger partial charge < -0.3 is 26.0 Å². The molecule has 1 amide bonds. The van der Waals surface area contributed by atoms with Crippen LogP contribution < -0.4 is 16.0 Å². The van der Waals surface area contributed by atoms with E-state index in [9.17, 15) is 40.0 Å². The Morgan fingerprint density at radius 3 is 2.30 bits per heavy atom. The van der Waals surface area contributed by atoms with Crippen LogP contribution in [-0.4, -0.2) is 102 Å². The second kappa shape index (κ2) is 14.6. The van der Waals surface area contributed by atoms with Crippen molar-refractivity contribution in [3.63, 3.8) is 0 Å². The number of carbonyl (C=O) groups is 3. The summed E-state index contributed by atoms with van der Waals surface area (Å²) in [4.78, 5) is 44.8. The highest BCUT2D eigenvalue weighted by molar-refractivity contribution is 7.89. The first-order valence-corrected chi connectivity index (χ1v) is 16.1. The van der Waals surface area contributed by atoms with Crippen molar-refractivity contribution in [2.24, 2.45) is 0 Å². The number of carboxylic acids is 1. The molecule has 20 heteroatoms. The average Bonchev–Trinajstić information content (AvgIpc) is 3.40. The molecule has 0 saturated carbocycles. The van der Waals surface area contributed by atoms with Gasteiger partial charge in [-0.2, -0.15) is 17.5 Å². The topological polar surface area (TPSA) is 179 Å². The van der Waals surface area contributed by atoms with E-state index < -0.39 is 45.2 Å². The summed E-state index contributed by atoms with van der Waals surface area (Å²) in [5.74, 6) is -5.49. The van der Waals surface area contributed by atoms with Crippen molar-refractivity contribution in [2.45, 2.75) is 30.0 Å². The molecule has 0 bridgehead atoms. The Morgan fingerprint density at radius 2 is 1.70 bits per heavy atom. The molecule has 2 saturated heterocycles. The van der Waals surface area contributed by atoms with Gasteiger partial charge in [0.25, 0.3) is 0 Å². The number of nitrogen functional groups attached to an aromatic ring is 1. The number of carbonyl (C=O) groups excluding carboxylic acids is 2. The van der Waals surface area contributed by atoms with E-state index in [2.05, 4.69) is 15.3 Å². The molecule has 1 aromatic carbocycles. The summed E-state index contributed by atoms with van der Waals surface area (Å²) in [5.41, 5.74) is 5.21. The predicted octanol–water partition coefficient (Wildman–Crippen LogP) is 2.81. The quantitative estimate of drug-likeness (QED) is 0.178. The van der Waals surface area contributed by atoms with Gasteiger partial charge in [-0.05, 0) is 37.1 Å². The monoisotopic (exact) mass is 705 g/mol. The summed E-state index contributed by atoms with van der Waals surface area (Å²) in [6, 6.07) is 5.90. The number of ketones is 1. The summed E-state index contributed by atoms with van der Waals surface area (Å²) in [6.45, 7) is 2.31. The van der Waals surface area contributed by atoms with Crippen LogP contribution in [0.2, 0.25) is 0 Å². The highest BCUT2D eigenvalue weighted by atomic mass is 32.2. The minimum absolute atomic E-state index is 0.0912. The van der Waals surface area contributed by atoms with E-state index in [-0.39, 0.29) is 33.3 Å². The molecule has 254 valence electrons. The maximum Gasteiger partial charge on any atom is 0.490 e. The number of alkyl halides is 3. The number of hydrogen-bond donors (Lipinski definition) is 3. The van der Waals surface area contributed by atoms with Crippen molar-refractivity contribution < 1.29 is 49.9 Å². The van der Waals surface area contributed by atoms with Crippen LogP contribution in [0, 0.1) is 11.6 Å². The van der Waals surface area contributed by atoms with E-state index in [1.807, 2.05) is 4.90 Å². The fourth-order valence-corrected chi connectivity index (χ4v) is 7.43. The number of piperidine rings is 1. The standard InChI is InChI=1S/C25H27F2N7O4S2.C2HF3O2/c26-17-5-1-6-18(27)20(17)21(36)22-23(28)31-25(39-22)30-16-4-3-9-34(14-16)40(37,38)19-7-2-8-29-24(19)33-12-10-32(15-35)11-13-33;3-2(4,5)1(6)7/h1-2,5-8,15-16H,3-4,9-14,28H2,(H,30,31);(H,6,7). The highest BCUT2D eigenvalue weighted by Crippen LogP contribution is 2.32. The zero-order valence-corrected chi connectivity index (χ0v) is 25.9. The molecule has 0 spiro atoms. The molecule has 5 rings (SSSR count). The van der Waals surface area contributed by atoms with Crippen LogP contribution in [0.15, 0.2) is 41.4 Å². The number of pyridine rings is 1. The third-order valence-corrected chi connectivity index (χ3v) is 10.0. The number of nitrogens with two attached hydrogens (primary N) is 1. The molecule has 0 aliphatic carbocycles. The zero-order valence-electron chi connectivity index (χ0n) is 24.3. The fourth-order valence-electron chi connectivity index (χ4n) is 4.84. The molecule has 3 aromatic rings. The maximum absolute atomic E-state index is 14.2. The van der Waals surface area contributed by atoms with Gasteiger partial charge in [-0.3, -0.25) is 9.59 Å². The van der Waals surface area contributed by atoms with Crippen molar-refractivity contribution >= 4 is 56.3 Å². The lowest BCUT2D eigenvalue weighted by molar-refractivity contribution is -0.192. The van der Waals surface area contributed by atoms with Crippen molar-refractivity contribution in [3.05, 3.63) is 58.6 Å². The first kappa shape index (κ1) is 35.4. The number of anilines is 3. The van der Waals surface area contributed by atoms with Gasteiger partial charge in [0, 0.05) is 51.5 Å². The van der Waals surface area contributed by atoms with E-state index in [0.717, 1.165) is 35.9 Å². The van der Waals surface area contributed by atoms with Crippen LogP contribution in [0.1, 0.15) is 28.1 Å². The van der Waals surface area contributed by atoms with Crippen LogP contribution in [0.3, 0.4) is 0 Å². The third kappa shape index (κ3) is 8.30. The Balaban J connectivity index is 0.000000644. The average molecular weight is 706 g/mol. The van der Waals surface area contributed by atoms with Gasteiger partial charge >= 0.3 is 12.1 Å². The molecular weight excluding hydrogens is 677 g/mol. The van der Waals surface area contributed by atoms with Gasteiger partial charge in [-0.1, -0.05) is 17.4 Å².